The van der Waals surface area contributed by atoms with Crippen LogP contribution in [0, 0.1) is 10.1 Å². The van der Waals surface area contributed by atoms with Gasteiger partial charge in [-0.05, 0) is 6.07 Å². The van der Waals surface area contributed by atoms with Gasteiger partial charge in [-0.25, -0.2) is 0 Å². The van der Waals surface area contributed by atoms with Gasteiger partial charge in [0.1, 0.15) is 0 Å². The van der Waals surface area contributed by atoms with Crippen molar-refractivity contribution in [2.45, 2.75) is 16.6 Å². The second-order valence-corrected chi connectivity index (χ2v) is 5.79. The summed E-state index contributed by atoms with van der Waals surface area (Å²) in [5.74, 6) is 0.0440. The van der Waals surface area contributed by atoms with Gasteiger partial charge in [0.25, 0.3) is 5.69 Å². The van der Waals surface area contributed by atoms with Crippen LogP contribution < -0.4 is 0 Å². The molecule has 100 valence electrons. The van der Waals surface area contributed by atoms with Gasteiger partial charge < -0.3 is 0 Å². The summed E-state index contributed by atoms with van der Waals surface area (Å²) in [5, 5.41) is 10.9. The Labute approximate surface area is 120 Å². The third kappa shape index (κ3) is 2.20. The van der Waals surface area contributed by atoms with E-state index in [2.05, 4.69) is 0 Å². The molecule has 0 spiro atoms. The number of para-hydroxylation sites is 1. The molecule has 1 atom stereocenters. The lowest BCUT2D eigenvalue weighted by molar-refractivity contribution is -0.385. The van der Waals surface area contributed by atoms with Crippen LogP contribution in [0.5, 0.6) is 0 Å². The molecule has 0 saturated carbocycles. The van der Waals surface area contributed by atoms with E-state index < -0.39 is 0 Å². The van der Waals surface area contributed by atoms with Crippen molar-refractivity contribution in [2.75, 3.05) is 0 Å². The summed E-state index contributed by atoms with van der Waals surface area (Å²) in [5.41, 5.74) is 1.41. The molecule has 1 aliphatic heterocycles. The lowest BCUT2D eigenvalue weighted by Gasteiger charge is -2.23. The highest BCUT2D eigenvalue weighted by molar-refractivity contribution is 7.99. The van der Waals surface area contributed by atoms with E-state index in [9.17, 15) is 14.9 Å². The molecule has 2 aromatic rings. The molecule has 1 aliphatic rings. The number of thioether (sulfide) groups is 1. The lowest BCUT2D eigenvalue weighted by atomic mass is 10.0. The maximum absolute atomic E-state index is 12.2. The largest absolute Gasteiger partial charge is 0.294 e. The average Bonchev–Trinajstić information content (AvgIpc) is 2.47. The molecule has 0 amide bonds. The van der Waals surface area contributed by atoms with Gasteiger partial charge >= 0.3 is 0 Å². The van der Waals surface area contributed by atoms with E-state index in [1.165, 1.54) is 17.8 Å². The number of Topliss-reactive ketones (excluding diaryl/α,β-unsaturated/α-hetero) is 1. The topological polar surface area (TPSA) is 60.2 Å². The second-order valence-electron chi connectivity index (χ2n) is 4.55. The van der Waals surface area contributed by atoms with Gasteiger partial charge in [0.2, 0.25) is 0 Å². The number of nitrogens with zero attached hydrogens (tertiary/aromatic N) is 1. The average molecular weight is 285 g/mol. The van der Waals surface area contributed by atoms with Gasteiger partial charge in [-0.3, -0.25) is 14.9 Å². The molecule has 0 bridgehead atoms. The van der Waals surface area contributed by atoms with Crippen LogP contribution in [0.4, 0.5) is 5.69 Å². The minimum absolute atomic E-state index is 0.0440. The number of fused-ring (bicyclic) bond motifs is 1. The molecule has 0 aromatic heterocycles. The molecule has 4 nitrogen and oxygen atoms in total. The first kappa shape index (κ1) is 12.9. The summed E-state index contributed by atoms with van der Waals surface area (Å²) in [6, 6.07) is 14.0. The van der Waals surface area contributed by atoms with Crippen LogP contribution in [-0.2, 0) is 0 Å². The van der Waals surface area contributed by atoms with Crippen molar-refractivity contribution in [3.8, 4) is 0 Å². The number of ketones is 1. The van der Waals surface area contributed by atoms with Crippen LogP contribution in [0.25, 0.3) is 0 Å². The Balaban J connectivity index is 2.02. The van der Waals surface area contributed by atoms with Gasteiger partial charge in [-0.1, -0.05) is 36.4 Å². The Morgan fingerprint density at radius 1 is 1.10 bits per heavy atom. The zero-order valence-electron chi connectivity index (χ0n) is 10.5. The van der Waals surface area contributed by atoms with Gasteiger partial charge in [-0.15, -0.1) is 11.8 Å². The SMILES string of the molecule is O=C1CC(c2ccccc2[N+](=O)[O-])Sc2ccccc21. The van der Waals surface area contributed by atoms with Gasteiger partial charge in [0, 0.05) is 33.8 Å². The van der Waals surface area contributed by atoms with E-state index in [0.29, 0.717) is 17.5 Å². The summed E-state index contributed by atoms with van der Waals surface area (Å²) < 4.78 is 0. The predicted molar refractivity (Wildman–Crippen MR) is 77.1 cm³/mol. The molecule has 1 unspecified atom stereocenters. The van der Waals surface area contributed by atoms with E-state index >= 15 is 0 Å². The van der Waals surface area contributed by atoms with E-state index in [1.54, 1.807) is 24.3 Å². The quantitative estimate of drug-likeness (QED) is 0.617. The molecule has 0 aliphatic carbocycles. The van der Waals surface area contributed by atoms with E-state index in [4.69, 9.17) is 0 Å². The number of nitro groups is 1. The van der Waals surface area contributed by atoms with Gasteiger partial charge in [0.15, 0.2) is 5.78 Å². The lowest BCUT2D eigenvalue weighted by Crippen LogP contribution is -2.13. The molecule has 3 rings (SSSR count). The van der Waals surface area contributed by atoms with Crippen LogP contribution in [0.15, 0.2) is 53.4 Å². The summed E-state index contributed by atoms with van der Waals surface area (Å²) in [6.07, 6.45) is 0.298. The number of carbonyl (C=O) groups excluding carboxylic acids is 1. The number of rotatable bonds is 2. The van der Waals surface area contributed by atoms with E-state index in [-0.39, 0.29) is 21.6 Å². The fourth-order valence-corrected chi connectivity index (χ4v) is 3.71. The maximum atomic E-state index is 12.2. The zero-order valence-corrected chi connectivity index (χ0v) is 11.3. The second kappa shape index (κ2) is 5.09. The molecular formula is C15H11NO3S. The van der Waals surface area contributed by atoms with Crippen molar-refractivity contribution < 1.29 is 9.72 Å². The van der Waals surface area contributed by atoms with Crippen LogP contribution in [0.3, 0.4) is 0 Å². The summed E-state index contributed by atoms with van der Waals surface area (Å²) in [7, 11) is 0. The molecule has 0 N–H and O–H groups in total. The zero-order chi connectivity index (χ0) is 14.1. The smallest absolute Gasteiger partial charge is 0.273 e. The first-order valence-corrected chi connectivity index (χ1v) is 7.07. The summed E-state index contributed by atoms with van der Waals surface area (Å²) in [4.78, 5) is 23.8. The predicted octanol–water partition coefficient (Wildman–Crippen LogP) is 4.01. The van der Waals surface area contributed by atoms with Crippen molar-refractivity contribution in [3.63, 3.8) is 0 Å². The van der Waals surface area contributed by atoms with Gasteiger partial charge in [-0.2, -0.15) is 0 Å². The number of hydrogen-bond donors (Lipinski definition) is 0. The van der Waals surface area contributed by atoms with Crippen molar-refractivity contribution in [1.29, 1.82) is 0 Å². The van der Waals surface area contributed by atoms with E-state index in [1.807, 2.05) is 18.2 Å². The highest BCUT2D eigenvalue weighted by Gasteiger charge is 2.30. The Morgan fingerprint density at radius 3 is 2.60 bits per heavy atom. The molecular weight excluding hydrogens is 274 g/mol. The monoisotopic (exact) mass is 285 g/mol. The van der Waals surface area contributed by atoms with Crippen LogP contribution >= 0.6 is 11.8 Å². The Morgan fingerprint density at radius 2 is 1.80 bits per heavy atom. The minimum Gasteiger partial charge on any atom is -0.294 e. The molecule has 1 heterocycles. The van der Waals surface area contributed by atoms with Crippen LogP contribution in [0.1, 0.15) is 27.6 Å². The molecule has 0 fully saturated rings. The first-order valence-electron chi connectivity index (χ1n) is 6.19. The summed E-state index contributed by atoms with van der Waals surface area (Å²) in [6.45, 7) is 0. The Kier molecular flexibility index (Phi) is 3.28. The Hall–Kier alpha value is -2.14. The number of nitro benzene ring substituents is 1. The molecule has 2 aromatic carbocycles. The van der Waals surface area contributed by atoms with Crippen LogP contribution in [-0.4, -0.2) is 10.7 Å². The number of carbonyl (C=O) groups is 1. The van der Waals surface area contributed by atoms with Crippen molar-refractivity contribution in [2.24, 2.45) is 0 Å². The third-order valence-corrected chi connectivity index (χ3v) is 4.62. The highest BCUT2D eigenvalue weighted by atomic mass is 32.2. The number of hydrogen-bond acceptors (Lipinski definition) is 4. The molecule has 0 radical (unpaired) electrons. The maximum Gasteiger partial charge on any atom is 0.273 e. The van der Waals surface area contributed by atoms with E-state index in [0.717, 1.165) is 4.90 Å². The van der Waals surface area contributed by atoms with Gasteiger partial charge in [0.05, 0.1) is 4.92 Å². The third-order valence-electron chi connectivity index (χ3n) is 3.31. The first-order chi connectivity index (χ1) is 9.66. The summed E-state index contributed by atoms with van der Waals surface area (Å²) >= 11 is 1.52. The molecule has 5 heteroatoms. The highest BCUT2D eigenvalue weighted by Crippen LogP contribution is 2.46. The number of benzene rings is 2. The fraction of sp³-hybridized carbons (Fsp3) is 0.133. The Bertz CT molecular complexity index is 699. The minimum atomic E-state index is -0.388. The van der Waals surface area contributed by atoms with Crippen molar-refractivity contribution in [1.82, 2.24) is 0 Å². The van der Waals surface area contributed by atoms with Crippen LogP contribution in [0.2, 0.25) is 0 Å². The molecule has 20 heavy (non-hydrogen) atoms. The van der Waals surface area contributed by atoms with Crippen molar-refractivity contribution >= 4 is 23.2 Å². The standard InChI is InChI=1S/C15H11NO3S/c17-13-9-15(20-14-8-4-2-6-11(13)14)10-5-1-3-7-12(10)16(18)19/h1-8,15H,9H2. The fourth-order valence-electron chi connectivity index (χ4n) is 2.37. The molecule has 0 saturated heterocycles. The normalized spacial score (nSPS) is 17.6. The van der Waals surface area contributed by atoms with Crippen molar-refractivity contribution in [3.05, 3.63) is 69.8 Å².